The maximum Gasteiger partial charge on any atom is 0.343 e. The van der Waals surface area contributed by atoms with Gasteiger partial charge in [0, 0.05) is 5.56 Å². The van der Waals surface area contributed by atoms with Crippen molar-refractivity contribution in [2.75, 3.05) is 6.61 Å². The average Bonchev–Trinajstić information content (AvgIpc) is 3.16. The molecule has 0 atom stereocenters. The van der Waals surface area contributed by atoms with Gasteiger partial charge in [-0.2, -0.15) is 0 Å². The van der Waals surface area contributed by atoms with Crippen molar-refractivity contribution in [2.45, 2.75) is 32.6 Å². The minimum atomic E-state index is -0.451. The normalized spacial score (nSPS) is 12.2. The lowest BCUT2D eigenvalue weighted by molar-refractivity contribution is -0.131. The summed E-state index contributed by atoms with van der Waals surface area (Å²) in [7, 11) is 0. The van der Waals surface area contributed by atoms with Crippen molar-refractivity contribution in [3.05, 3.63) is 77.9 Å². The zero-order chi connectivity index (χ0) is 21.6. The zero-order valence-electron chi connectivity index (χ0n) is 17.4. The van der Waals surface area contributed by atoms with Gasteiger partial charge in [0.25, 0.3) is 0 Å². The first kappa shape index (κ1) is 20.7. The first-order valence-corrected chi connectivity index (χ1v) is 10.5. The Kier molecular flexibility index (Phi) is 6.32. The summed E-state index contributed by atoms with van der Waals surface area (Å²) in [5, 5.41) is 0. The fourth-order valence-corrected chi connectivity index (χ4v) is 3.42. The highest BCUT2D eigenvalue weighted by molar-refractivity contribution is 5.92. The first-order valence-electron chi connectivity index (χ1n) is 10.5. The predicted octanol–water partition coefficient (Wildman–Crippen LogP) is 5.60. The van der Waals surface area contributed by atoms with Crippen LogP contribution in [0.4, 0.5) is 0 Å². The molecule has 3 aromatic rings. The number of ether oxygens (including phenoxy) is 3. The smallest absolute Gasteiger partial charge is 0.343 e. The number of carbonyl (C=O) groups is 2. The molecule has 0 saturated heterocycles. The molecular formula is C26H24O5. The van der Waals surface area contributed by atoms with Crippen molar-refractivity contribution in [1.82, 2.24) is 0 Å². The number of rotatable bonds is 8. The second-order valence-corrected chi connectivity index (χ2v) is 7.47. The summed E-state index contributed by atoms with van der Waals surface area (Å²) >= 11 is 0. The number of hydrogen-bond donors (Lipinski definition) is 0. The molecule has 1 aliphatic rings. The maximum atomic E-state index is 12.5. The third-order valence-corrected chi connectivity index (χ3v) is 5.13. The van der Waals surface area contributed by atoms with Crippen LogP contribution in [0.15, 0.2) is 66.7 Å². The van der Waals surface area contributed by atoms with E-state index in [0.717, 1.165) is 35.5 Å². The summed E-state index contributed by atoms with van der Waals surface area (Å²) in [6.45, 7) is 2.91. The molecule has 31 heavy (non-hydrogen) atoms. The topological polar surface area (TPSA) is 61.8 Å². The molecule has 0 radical (unpaired) electrons. The lowest BCUT2D eigenvalue weighted by Gasteiger charge is -2.08. The van der Waals surface area contributed by atoms with E-state index in [2.05, 4.69) is 6.92 Å². The standard InChI is InChI=1S/C26H24O5/c1-2-3-4-15-29-22-11-9-19(10-12-22)18-5-7-20(8-6-18)26(28)30-23-13-14-24-21(16-23)17-25(27)31-24/h5-14,16H,2-4,15,17H2,1H3. The molecule has 0 bridgehead atoms. The van der Waals surface area contributed by atoms with E-state index in [-0.39, 0.29) is 12.4 Å². The van der Waals surface area contributed by atoms with E-state index < -0.39 is 5.97 Å². The van der Waals surface area contributed by atoms with Crippen LogP contribution in [0.3, 0.4) is 0 Å². The number of esters is 2. The molecule has 1 heterocycles. The van der Waals surface area contributed by atoms with Gasteiger partial charge in [-0.05, 0) is 60.0 Å². The molecule has 5 heteroatoms. The van der Waals surface area contributed by atoms with Gasteiger partial charge in [0.15, 0.2) is 0 Å². The van der Waals surface area contributed by atoms with E-state index in [4.69, 9.17) is 14.2 Å². The van der Waals surface area contributed by atoms with Gasteiger partial charge in [-0.25, -0.2) is 4.79 Å². The number of fused-ring (bicyclic) bond motifs is 1. The molecule has 0 aromatic heterocycles. The molecule has 4 rings (SSSR count). The quantitative estimate of drug-likeness (QED) is 0.272. The van der Waals surface area contributed by atoms with Crippen molar-refractivity contribution in [1.29, 1.82) is 0 Å². The Morgan fingerprint density at radius 2 is 1.58 bits per heavy atom. The molecule has 0 N–H and O–H groups in total. The van der Waals surface area contributed by atoms with Crippen LogP contribution in [-0.2, 0) is 11.2 Å². The first-order chi connectivity index (χ1) is 15.1. The third-order valence-electron chi connectivity index (χ3n) is 5.13. The van der Waals surface area contributed by atoms with Crippen LogP contribution in [0.2, 0.25) is 0 Å². The number of unbranched alkanes of at least 4 members (excludes halogenated alkanes) is 2. The van der Waals surface area contributed by atoms with Crippen molar-refractivity contribution >= 4 is 11.9 Å². The fraction of sp³-hybridized carbons (Fsp3) is 0.231. The molecule has 5 nitrogen and oxygen atoms in total. The van der Waals surface area contributed by atoms with Gasteiger partial charge in [0.1, 0.15) is 17.2 Å². The highest BCUT2D eigenvalue weighted by Gasteiger charge is 2.21. The number of benzene rings is 3. The summed E-state index contributed by atoms with van der Waals surface area (Å²) < 4.78 is 16.3. The van der Waals surface area contributed by atoms with Crippen LogP contribution in [0.25, 0.3) is 11.1 Å². The van der Waals surface area contributed by atoms with E-state index in [9.17, 15) is 9.59 Å². The minimum absolute atomic E-state index is 0.192. The fourth-order valence-electron chi connectivity index (χ4n) is 3.42. The molecule has 3 aromatic carbocycles. The second-order valence-electron chi connectivity index (χ2n) is 7.47. The second kappa shape index (κ2) is 9.47. The van der Waals surface area contributed by atoms with Gasteiger partial charge >= 0.3 is 11.9 Å². The Morgan fingerprint density at radius 1 is 0.903 bits per heavy atom. The lowest BCUT2D eigenvalue weighted by Crippen LogP contribution is -2.08. The van der Waals surface area contributed by atoms with Crippen molar-refractivity contribution in [3.8, 4) is 28.4 Å². The molecule has 0 spiro atoms. The van der Waals surface area contributed by atoms with Crippen LogP contribution in [-0.4, -0.2) is 18.5 Å². The van der Waals surface area contributed by atoms with Gasteiger partial charge in [0.2, 0.25) is 0 Å². The van der Waals surface area contributed by atoms with E-state index in [1.54, 1.807) is 30.3 Å². The largest absolute Gasteiger partial charge is 0.494 e. The summed E-state index contributed by atoms with van der Waals surface area (Å²) in [6, 6.07) is 20.1. The summed E-state index contributed by atoms with van der Waals surface area (Å²) in [5.41, 5.74) is 3.22. The summed E-state index contributed by atoms with van der Waals surface area (Å²) in [4.78, 5) is 23.8. The molecule has 0 aliphatic carbocycles. The summed E-state index contributed by atoms with van der Waals surface area (Å²) in [6.07, 6.45) is 3.60. The van der Waals surface area contributed by atoms with Crippen LogP contribution < -0.4 is 14.2 Å². The zero-order valence-corrected chi connectivity index (χ0v) is 17.4. The lowest BCUT2D eigenvalue weighted by atomic mass is 10.0. The van der Waals surface area contributed by atoms with E-state index >= 15 is 0 Å². The molecule has 1 aliphatic heterocycles. The van der Waals surface area contributed by atoms with E-state index in [1.807, 2.05) is 36.4 Å². The van der Waals surface area contributed by atoms with Crippen molar-refractivity contribution < 1.29 is 23.8 Å². The Balaban J connectivity index is 1.37. The molecular weight excluding hydrogens is 392 g/mol. The van der Waals surface area contributed by atoms with Crippen LogP contribution in [0.1, 0.15) is 42.1 Å². The molecule has 0 fully saturated rings. The third kappa shape index (κ3) is 5.12. The SMILES string of the molecule is CCCCCOc1ccc(-c2ccc(C(=O)Oc3ccc4c(c3)CC(=O)O4)cc2)cc1. The number of carbonyl (C=O) groups excluding carboxylic acids is 2. The Labute approximate surface area is 181 Å². The van der Waals surface area contributed by atoms with Gasteiger partial charge in [-0.3, -0.25) is 4.79 Å². The Morgan fingerprint density at radius 3 is 2.29 bits per heavy atom. The monoisotopic (exact) mass is 416 g/mol. The molecule has 0 saturated carbocycles. The van der Waals surface area contributed by atoms with Gasteiger partial charge in [0.05, 0.1) is 18.6 Å². The predicted molar refractivity (Wildman–Crippen MR) is 118 cm³/mol. The minimum Gasteiger partial charge on any atom is -0.494 e. The van der Waals surface area contributed by atoms with Gasteiger partial charge < -0.3 is 14.2 Å². The molecule has 158 valence electrons. The van der Waals surface area contributed by atoms with Crippen LogP contribution in [0.5, 0.6) is 17.2 Å². The highest BCUT2D eigenvalue weighted by atomic mass is 16.5. The molecule has 0 unspecified atom stereocenters. The van der Waals surface area contributed by atoms with E-state index in [0.29, 0.717) is 17.1 Å². The number of hydrogen-bond acceptors (Lipinski definition) is 5. The van der Waals surface area contributed by atoms with Crippen molar-refractivity contribution in [2.24, 2.45) is 0 Å². The average molecular weight is 416 g/mol. The highest BCUT2D eigenvalue weighted by Crippen LogP contribution is 2.30. The van der Waals surface area contributed by atoms with E-state index in [1.165, 1.54) is 12.8 Å². The summed E-state index contributed by atoms with van der Waals surface area (Å²) in [5.74, 6) is 1.02. The molecule has 0 amide bonds. The van der Waals surface area contributed by atoms with Crippen molar-refractivity contribution in [3.63, 3.8) is 0 Å². The van der Waals surface area contributed by atoms with Crippen LogP contribution >= 0.6 is 0 Å². The van der Waals surface area contributed by atoms with Gasteiger partial charge in [-0.1, -0.05) is 44.0 Å². The Bertz CT molecular complexity index is 1070. The Hall–Kier alpha value is -3.60. The van der Waals surface area contributed by atoms with Gasteiger partial charge in [-0.15, -0.1) is 0 Å². The maximum absolute atomic E-state index is 12.5. The van der Waals surface area contributed by atoms with Crippen LogP contribution in [0, 0.1) is 0 Å².